The molecule has 2 N–H and O–H groups in total. The Balaban J connectivity index is 2.25. The number of amides is 1. The van der Waals surface area contributed by atoms with Crippen LogP contribution in [0.3, 0.4) is 0 Å². The summed E-state index contributed by atoms with van der Waals surface area (Å²) in [6.07, 6.45) is 1.84. The second-order valence-corrected chi connectivity index (χ2v) is 5.61. The van der Waals surface area contributed by atoms with Crippen molar-refractivity contribution in [2.24, 2.45) is 0 Å². The fourth-order valence-corrected chi connectivity index (χ4v) is 3.23. The number of aliphatic hydroxyl groups is 1. The molecular weight excluding hydrogens is 264 g/mol. The van der Waals surface area contributed by atoms with E-state index in [-0.39, 0.29) is 24.5 Å². The van der Waals surface area contributed by atoms with Crippen LogP contribution in [-0.4, -0.2) is 41.7 Å². The van der Waals surface area contributed by atoms with Crippen molar-refractivity contribution in [2.45, 2.75) is 45.2 Å². The molecule has 1 aromatic rings. The molecule has 1 aromatic carbocycles. The molecule has 0 aromatic heterocycles. The molecule has 0 saturated heterocycles. The number of nitrogens with zero attached hydrogens (tertiary/aromatic N) is 1. The molecule has 1 atom stereocenters. The standard InChI is InChI=1S/C17H26N2O2/c1-3-14(4-2)19(9-10-20)17(21)16-12-18-11-13-7-5-6-8-15(13)16/h5-8,14,16,18,20H,3-4,9-12H2,1-2H3. The Kier molecular flexibility index (Phi) is 5.76. The van der Waals surface area contributed by atoms with Gasteiger partial charge >= 0.3 is 0 Å². The molecule has 0 fully saturated rings. The zero-order chi connectivity index (χ0) is 15.2. The predicted molar refractivity (Wildman–Crippen MR) is 84.1 cm³/mol. The number of hydrogen-bond donors (Lipinski definition) is 2. The lowest BCUT2D eigenvalue weighted by Gasteiger charge is -2.35. The highest BCUT2D eigenvalue weighted by Crippen LogP contribution is 2.27. The highest BCUT2D eigenvalue weighted by atomic mass is 16.3. The summed E-state index contributed by atoms with van der Waals surface area (Å²) in [6, 6.07) is 8.36. The van der Waals surface area contributed by atoms with Crippen molar-refractivity contribution < 1.29 is 9.90 Å². The van der Waals surface area contributed by atoms with Crippen molar-refractivity contribution in [1.29, 1.82) is 0 Å². The molecule has 0 aliphatic carbocycles. The van der Waals surface area contributed by atoms with Gasteiger partial charge in [-0.15, -0.1) is 0 Å². The topological polar surface area (TPSA) is 52.6 Å². The second kappa shape index (κ2) is 7.57. The molecule has 21 heavy (non-hydrogen) atoms. The van der Waals surface area contributed by atoms with Crippen molar-refractivity contribution in [1.82, 2.24) is 10.2 Å². The number of fused-ring (bicyclic) bond motifs is 1. The number of carbonyl (C=O) groups excluding carboxylic acids is 1. The Hall–Kier alpha value is -1.39. The number of carbonyl (C=O) groups is 1. The van der Waals surface area contributed by atoms with Crippen LogP contribution >= 0.6 is 0 Å². The first-order chi connectivity index (χ1) is 10.2. The second-order valence-electron chi connectivity index (χ2n) is 5.61. The third-order valence-corrected chi connectivity index (χ3v) is 4.40. The van der Waals surface area contributed by atoms with E-state index in [1.807, 2.05) is 17.0 Å². The largest absolute Gasteiger partial charge is 0.395 e. The first kappa shape index (κ1) is 16.0. The predicted octanol–water partition coefficient (Wildman–Crippen LogP) is 1.88. The van der Waals surface area contributed by atoms with E-state index in [4.69, 9.17) is 0 Å². The molecule has 1 amide bonds. The Morgan fingerprint density at radius 3 is 2.76 bits per heavy atom. The molecule has 4 heteroatoms. The molecule has 1 heterocycles. The lowest BCUT2D eigenvalue weighted by molar-refractivity contribution is -0.136. The minimum absolute atomic E-state index is 0.0179. The lowest BCUT2D eigenvalue weighted by atomic mass is 9.89. The highest BCUT2D eigenvalue weighted by Gasteiger charge is 2.31. The highest BCUT2D eigenvalue weighted by molar-refractivity contribution is 5.85. The van der Waals surface area contributed by atoms with Gasteiger partial charge in [0.2, 0.25) is 5.91 Å². The Morgan fingerprint density at radius 2 is 2.10 bits per heavy atom. The van der Waals surface area contributed by atoms with Gasteiger partial charge in [-0.1, -0.05) is 38.1 Å². The average Bonchev–Trinajstić information content (AvgIpc) is 2.54. The molecule has 0 saturated carbocycles. The molecule has 1 unspecified atom stereocenters. The molecule has 1 aliphatic rings. The summed E-state index contributed by atoms with van der Waals surface area (Å²) < 4.78 is 0. The Bertz CT molecular complexity index is 472. The van der Waals surface area contributed by atoms with E-state index in [0.29, 0.717) is 13.1 Å². The van der Waals surface area contributed by atoms with Gasteiger partial charge in [0.05, 0.1) is 12.5 Å². The molecule has 0 bridgehead atoms. The first-order valence-electron chi connectivity index (χ1n) is 7.92. The van der Waals surface area contributed by atoms with Crippen molar-refractivity contribution >= 4 is 5.91 Å². The fraction of sp³-hybridized carbons (Fsp3) is 0.588. The summed E-state index contributed by atoms with van der Waals surface area (Å²) in [4.78, 5) is 14.9. The monoisotopic (exact) mass is 290 g/mol. The van der Waals surface area contributed by atoms with E-state index in [1.54, 1.807) is 0 Å². The third kappa shape index (κ3) is 3.44. The van der Waals surface area contributed by atoms with E-state index >= 15 is 0 Å². The van der Waals surface area contributed by atoms with Crippen LogP contribution in [0.2, 0.25) is 0 Å². The summed E-state index contributed by atoms with van der Waals surface area (Å²) in [7, 11) is 0. The number of hydrogen-bond acceptors (Lipinski definition) is 3. The van der Waals surface area contributed by atoms with Gasteiger partial charge in [0.15, 0.2) is 0 Å². The van der Waals surface area contributed by atoms with Crippen molar-refractivity contribution in [3.8, 4) is 0 Å². The minimum atomic E-state index is -0.137. The normalized spacial score (nSPS) is 17.6. The van der Waals surface area contributed by atoms with Gasteiger partial charge in [-0.2, -0.15) is 0 Å². The van der Waals surface area contributed by atoms with Crippen molar-refractivity contribution in [3.63, 3.8) is 0 Å². The first-order valence-corrected chi connectivity index (χ1v) is 7.92. The van der Waals surface area contributed by atoms with Crippen LogP contribution in [0.5, 0.6) is 0 Å². The average molecular weight is 290 g/mol. The SMILES string of the molecule is CCC(CC)N(CCO)C(=O)C1CNCc2ccccc21. The zero-order valence-electron chi connectivity index (χ0n) is 13.0. The summed E-state index contributed by atoms with van der Waals surface area (Å²) in [5, 5.41) is 12.6. The maximum atomic E-state index is 13.0. The zero-order valence-corrected chi connectivity index (χ0v) is 13.0. The lowest BCUT2D eigenvalue weighted by Crippen LogP contribution is -2.47. The van der Waals surface area contributed by atoms with Crippen molar-refractivity contribution in [3.05, 3.63) is 35.4 Å². The van der Waals surface area contributed by atoms with Crippen LogP contribution in [0, 0.1) is 0 Å². The van der Waals surface area contributed by atoms with Gasteiger partial charge in [-0.05, 0) is 24.0 Å². The van der Waals surface area contributed by atoms with Gasteiger partial charge in [0, 0.05) is 25.7 Å². The van der Waals surface area contributed by atoms with Crippen LogP contribution < -0.4 is 5.32 Å². The molecule has 2 rings (SSSR count). The van der Waals surface area contributed by atoms with Crippen LogP contribution in [-0.2, 0) is 11.3 Å². The molecule has 0 radical (unpaired) electrons. The van der Waals surface area contributed by atoms with E-state index in [9.17, 15) is 9.90 Å². The van der Waals surface area contributed by atoms with E-state index in [2.05, 4.69) is 31.3 Å². The van der Waals surface area contributed by atoms with Crippen LogP contribution in [0.25, 0.3) is 0 Å². The van der Waals surface area contributed by atoms with Gasteiger partial charge in [-0.25, -0.2) is 0 Å². The van der Waals surface area contributed by atoms with Crippen molar-refractivity contribution in [2.75, 3.05) is 19.7 Å². The fourth-order valence-electron chi connectivity index (χ4n) is 3.23. The summed E-state index contributed by atoms with van der Waals surface area (Å²) in [6.45, 7) is 6.13. The number of aliphatic hydroxyl groups excluding tert-OH is 1. The Labute approximate surface area is 127 Å². The van der Waals surface area contributed by atoms with Crippen LogP contribution in [0.15, 0.2) is 24.3 Å². The molecule has 4 nitrogen and oxygen atoms in total. The van der Waals surface area contributed by atoms with Gasteiger partial charge < -0.3 is 15.3 Å². The number of benzene rings is 1. The quantitative estimate of drug-likeness (QED) is 0.841. The molecule has 116 valence electrons. The van der Waals surface area contributed by atoms with E-state index < -0.39 is 0 Å². The maximum Gasteiger partial charge on any atom is 0.231 e. The molecule has 1 aliphatic heterocycles. The van der Waals surface area contributed by atoms with Crippen LogP contribution in [0.4, 0.5) is 0 Å². The van der Waals surface area contributed by atoms with Gasteiger partial charge in [-0.3, -0.25) is 4.79 Å². The molecular formula is C17H26N2O2. The number of nitrogens with one attached hydrogen (secondary N) is 1. The summed E-state index contributed by atoms with van der Waals surface area (Å²) in [5.41, 5.74) is 2.34. The van der Waals surface area contributed by atoms with Gasteiger partial charge in [0.1, 0.15) is 0 Å². The number of rotatable bonds is 6. The minimum Gasteiger partial charge on any atom is -0.395 e. The smallest absolute Gasteiger partial charge is 0.231 e. The third-order valence-electron chi connectivity index (χ3n) is 4.40. The molecule has 0 spiro atoms. The van der Waals surface area contributed by atoms with Gasteiger partial charge in [0.25, 0.3) is 0 Å². The summed E-state index contributed by atoms with van der Waals surface area (Å²) >= 11 is 0. The maximum absolute atomic E-state index is 13.0. The Morgan fingerprint density at radius 1 is 1.38 bits per heavy atom. The summed E-state index contributed by atoms with van der Waals surface area (Å²) in [5.74, 6) is -0.000463. The van der Waals surface area contributed by atoms with E-state index in [0.717, 1.165) is 24.9 Å². The van der Waals surface area contributed by atoms with E-state index in [1.165, 1.54) is 5.56 Å². The van der Waals surface area contributed by atoms with Crippen LogP contribution in [0.1, 0.15) is 43.7 Å².